The lowest BCUT2D eigenvalue weighted by Crippen LogP contribution is -2.61. The molecule has 0 radical (unpaired) electrons. The first-order valence-corrected chi connectivity index (χ1v) is 26.2. The zero-order valence-corrected chi connectivity index (χ0v) is 37.6. The average Bonchev–Trinajstić information content (AvgIpc) is 3.36. The lowest BCUT2D eigenvalue weighted by atomic mass is 9.92. The van der Waals surface area contributed by atoms with Crippen LogP contribution in [0, 0.1) is 0 Å². The highest BCUT2D eigenvalue weighted by molar-refractivity contribution is 6.74. The smallest absolute Gasteiger partial charge is 0.192 e. The monoisotopic (exact) mass is 800 g/mol. The molecule has 0 N–H and O–H groups in total. The molecule has 0 bridgehead atoms. The van der Waals surface area contributed by atoms with Crippen LogP contribution in [-0.4, -0.2) is 72.6 Å². The summed E-state index contributed by atoms with van der Waals surface area (Å²) in [5.41, 5.74) is 3.28. The molecule has 1 fully saturated rings. The zero-order valence-electron chi connectivity index (χ0n) is 35.6. The zero-order chi connectivity index (χ0) is 40.4. The standard InChI is InChI=1S/C47H68O7Si2/c1-46(2,3)55(7,8)51-34-40(54-56(9,10)47(4,5)6)30-29-39-27-20-28-41-44(52-39)45(50-33-38-25-18-13-19-26-38)43(49-32-37-23-16-12-17-24-37)42(53-41)35-48-31-36-21-14-11-15-22-36/h11-27,29-30,39-45H,28,31-35H2,1-10H3/b30-29+/t39-,40+,41+,42-,43-,44+,45+/m1/s1. The Hall–Kier alpha value is -2.71. The number of fused-ring (bicyclic) bond motifs is 1. The molecule has 0 aromatic heterocycles. The SMILES string of the molecule is CC(C)(C)[Si](C)(C)OC[C@H](/C=C/[C@H]1C=CC[C@@H]2O[C@H](COCc3ccccc3)[C@@H](OCc3ccccc3)[C@H](OCc3ccccc3)[C@H]2O1)O[Si](C)(C)C(C)(C)C. The molecule has 2 heterocycles. The molecule has 1 saturated heterocycles. The van der Waals surface area contributed by atoms with Crippen LogP contribution >= 0.6 is 0 Å². The highest BCUT2D eigenvalue weighted by Crippen LogP contribution is 2.40. The maximum atomic E-state index is 7.05. The van der Waals surface area contributed by atoms with Crippen molar-refractivity contribution in [3.05, 3.63) is 132 Å². The molecule has 3 aromatic carbocycles. The summed E-state index contributed by atoms with van der Waals surface area (Å²) in [5.74, 6) is 0. The van der Waals surface area contributed by atoms with E-state index in [1.54, 1.807) is 0 Å². The van der Waals surface area contributed by atoms with Crippen LogP contribution in [0.3, 0.4) is 0 Å². The van der Waals surface area contributed by atoms with Gasteiger partial charge in [-0.2, -0.15) is 0 Å². The van der Waals surface area contributed by atoms with Crippen molar-refractivity contribution in [2.24, 2.45) is 0 Å². The minimum atomic E-state index is -2.12. The Morgan fingerprint density at radius 1 is 0.679 bits per heavy atom. The van der Waals surface area contributed by atoms with Crippen molar-refractivity contribution < 1.29 is 32.5 Å². The molecule has 0 saturated carbocycles. The van der Waals surface area contributed by atoms with Crippen LogP contribution in [-0.2, 0) is 52.4 Å². The van der Waals surface area contributed by atoms with Crippen molar-refractivity contribution in [2.75, 3.05) is 13.2 Å². The summed E-state index contributed by atoms with van der Waals surface area (Å²) in [6, 6.07) is 30.8. The minimum Gasteiger partial charge on any atom is -0.414 e. The van der Waals surface area contributed by atoms with Gasteiger partial charge in [-0.1, -0.05) is 157 Å². The Kier molecular flexibility index (Phi) is 15.7. The normalized spacial score (nSPS) is 24.2. The molecule has 7 atom stereocenters. The largest absolute Gasteiger partial charge is 0.414 e. The van der Waals surface area contributed by atoms with Gasteiger partial charge in [0.15, 0.2) is 16.6 Å². The van der Waals surface area contributed by atoms with E-state index in [0.717, 1.165) is 16.7 Å². The van der Waals surface area contributed by atoms with Crippen LogP contribution in [0.2, 0.25) is 36.3 Å². The van der Waals surface area contributed by atoms with Crippen LogP contribution in [0.1, 0.15) is 64.7 Å². The van der Waals surface area contributed by atoms with Crippen LogP contribution in [0.4, 0.5) is 0 Å². The predicted molar refractivity (Wildman–Crippen MR) is 232 cm³/mol. The van der Waals surface area contributed by atoms with Crippen molar-refractivity contribution in [2.45, 2.75) is 147 Å². The number of ether oxygens (including phenoxy) is 5. The Morgan fingerprint density at radius 3 is 1.73 bits per heavy atom. The summed E-state index contributed by atoms with van der Waals surface area (Å²) in [7, 11) is -4.13. The Labute approximate surface area is 340 Å². The van der Waals surface area contributed by atoms with Gasteiger partial charge in [0.25, 0.3) is 0 Å². The molecule has 56 heavy (non-hydrogen) atoms. The molecule has 2 aliphatic rings. The van der Waals surface area contributed by atoms with Gasteiger partial charge in [0, 0.05) is 0 Å². The van der Waals surface area contributed by atoms with Crippen molar-refractivity contribution in [1.82, 2.24) is 0 Å². The lowest BCUT2D eigenvalue weighted by Gasteiger charge is -2.46. The molecule has 0 aliphatic carbocycles. The van der Waals surface area contributed by atoms with Gasteiger partial charge in [-0.25, -0.2) is 0 Å². The summed E-state index contributed by atoms with van der Waals surface area (Å²) in [6.07, 6.45) is 6.84. The quantitative estimate of drug-likeness (QED) is 0.0995. The molecular formula is C47H68O7Si2. The van der Waals surface area contributed by atoms with Crippen molar-refractivity contribution >= 4 is 16.6 Å². The maximum Gasteiger partial charge on any atom is 0.192 e. The molecule has 3 aromatic rings. The van der Waals surface area contributed by atoms with Gasteiger partial charge < -0.3 is 32.5 Å². The first kappa shape index (κ1) is 44.4. The molecule has 0 unspecified atom stereocenters. The van der Waals surface area contributed by atoms with Gasteiger partial charge in [0.05, 0.1) is 51.3 Å². The fourth-order valence-electron chi connectivity index (χ4n) is 6.38. The van der Waals surface area contributed by atoms with Crippen LogP contribution < -0.4 is 0 Å². The number of hydrogen-bond acceptors (Lipinski definition) is 7. The van der Waals surface area contributed by atoms with Crippen LogP contribution in [0.15, 0.2) is 115 Å². The van der Waals surface area contributed by atoms with Gasteiger partial charge in [-0.05, 0) is 59.4 Å². The van der Waals surface area contributed by atoms with Crippen LogP contribution in [0.5, 0.6) is 0 Å². The Balaban J connectivity index is 1.41. The minimum absolute atomic E-state index is 0.0564. The van der Waals surface area contributed by atoms with E-state index in [2.05, 4.69) is 128 Å². The van der Waals surface area contributed by atoms with E-state index in [4.69, 9.17) is 32.5 Å². The first-order valence-electron chi connectivity index (χ1n) is 20.4. The van der Waals surface area contributed by atoms with Gasteiger partial charge in [0.1, 0.15) is 24.4 Å². The first-order chi connectivity index (χ1) is 26.5. The maximum absolute atomic E-state index is 7.05. The van der Waals surface area contributed by atoms with E-state index >= 15 is 0 Å². The third kappa shape index (κ3) is 12.6. The highest BCUT2D eigenvalue weighted by atomic mass is 28.4. The summed E-state index contributed by atoms with van der Waals surface area (Å²) >= 11 is 0. The van der Waals surface area contributed by atoms with Gasteiger partial charge >= 0.3 is 0 Å². The van der Waals surface area contributed by atoms with E-state index < -0.39 is 34.9 Å². The molecule has 0 spiro atoms. The average molecular weight is 801 g/mol. The fraction of sp³-hybridized carbons (Fsp3) is 0.532. The molecule has 2 aliphatic heterocycles. The highest BCUT2D eigenvalue weighted by Gasteiger charge is 2.49. The second-order valence-corrected chi connectivity index (χ2v) is 27.9. The fourth-order valence-corrected chi connectivity index (χ4v) is 8.65. The summed E-state index contributed by atoms with van der Waals surface area (Å²) in [4.78, 5) is 0. The second-order valence-electron chi connectivity index (χ2n) is 18.3. The van der Waals surface area contributed by atoms with E-state index in [9.17, 15) is 0 Å². The number of hydrogen-bond donors (Lipinski definition) is 0. The third-order valence-corrected chi connectivity index (χ3v) is 20.9. The van der Waals surface area contributed by atoms with Crippen molar-refractivity contribution in [3.8, 4) is 0 Å². The van der Waals surface area contributed by atoms with Gasteiger partial charge in [0.2, 0.25) is 0 Å². The molecular weight excluding hydrogens is 733 g/mol. The summed E-state index contributed by atoms with van der Waals surface area (Å²) in [5, 5.41) is 0.153. The second kappa shape index (κ2) is 19.8. The Morgan fingerprint density at radius 2 is 1.20 bits per heavy atom. The van der Waals surface area contributed by atoms with E-state index in [0.29, 0.717) is 39.5 Å². The Bertz CT molecular complexity index is 1650. The van der Waals surface area contributed by atoms with Crippen molar-refractivity contribution in [3.63, 3.8) is 0 Å². The number of rotatable bonds is 17. The third-order valence-electron chi connectivity index (χ3n) is 11.9. The van der Waals surface area contributed by atoms with E-state index in [-0.39, 0.29) is 34.5 Å². The van der Waals surface area contributed by atoms with Crippen molar-refractivity contribution in [1.29, 1.82) is 0 Å². The number of benzene rings is 3. The van der Waals surface area contributed by atoms with E-state index in [1.165, 1.54) is 0 Å². The van der Waals surface area contributed by atoms with Gasteiger partial charge in [-0.3, -0.25) is 0 Å². The van der Waals surface area contributed by atoms with Crippen LogP contribution in [0.25, 0.3) is 0 Å². The lowest BCUT2D eigenvalue weighted by molar-refractivity contribution is -0.270. The molecule has 5 rings (SSSR count). The summed E-state index contributed by atoms with van der Waals surface area (Å²) < 4.78 is 47.8. The van der Waals surface area contributed by atoms with E-state index in [1.807, 2.05) is 54.6 Å². The topological polar surface area (TPSA) is 64.6 Å². The predicted octanol–water partition coefficient (Wildman–Crippen LogP) is 10.8. The summed E-state index contributed by atoms with van der Waals surface area (Å²) in [6.45, 7) is 25.0. The molecule has 9 heteroatoms. The molecule has 306 valence electrons. The van der Waals surface area contributed by atoms with Gasteiger partial charge in [-0.15, -0.1) is 0 Å². The molecule has 7 nitrogen and oxygen atoms in total. The molecule has 0 amide bonds.